The van der Waals surface area contributed by atoms with Crippen molar-refractivity contribution in [3.8, 4) is 17.1 Å². The summed E-state index contributed by atoms with van der Waals surface area (Å²) in [6.45, 7) is 4.72. The molecule has 0 spiro atoms. The quantitative estimate of drug-likeness (QED) is 0.893. The van der Waals surface area contributed by atoms with E-state index in [9.17, 15) is 5.11 Å². The van der Waals surface area contributed by atoms with Crippen LogP contribution in [0.5, 0.6) is 5.75 Å². The number of rotatable bonds is 3. The standard InChI is InChI=1S/C13H14ClN3O/c1-3-15-12-6-8(2)16-13(17-12)9-4-5-11(18)10(14)7-9/h4-7,18H,3H2,1-2H3,(H,15,16,17). The second-order valence-corrected chi connectivity index (χ2v) is 4.32. The highest BCUT2D eigenvalue weighted by molar-refractivity contribution is 6.32. The average molecular weight is 264 g/mol. The summed E-state index contributed by atoms with van der Waals surface area (Å²) in [5.74, 6) is 1.43. The van der Waals surface area contributed by atoms with Crippen molar-refractivity contribution in [3.63, 3.8) is 0 Å². The topological polar surface area (TPSA) is 58.0 Å². The number of aromatic nitrogens is 2. The lowest BCUT2D eigenvalue weighted by atomic mass is 10.2. The van der Waals surface area contributed by atoms with Crippen LogP contribution in [0.3, 0.4) is 0 Å². The number of aryl methyl sites for hydroxylation is 1. The summed E-state index contributed by atoms with van der Waals surface area (Å²) in [5, 5.41) is 12.8. The zero-order valence-corrected chi connectivity index (χ0v) is 11.0. The molecule has 4 nitrogen and oxygen atoms in total. The molecule has 0 aliphatic heterocycles. The minimum atomic E-state index is 0.0555. The molecule has 0 saturated heterocycles. The first kappa shape index (κ1) is 12.6. The number of nitrogens with one attached hydrogen (secondary N) is 1. The zero-order valence-electron chi connectivity index (χ0n) is 10.2. The van der Waals surface area contributed by atoms with Gasteiger partial charge in [-0.3, -0.25) is 0 Å². The molecule has 0 bridgehead atoms. The fraction of sp³-hybridized carbons (Fsp3) is 0.231. The fourth-order valence-electron chi connectivity index (χ4n) is 1.62. The fourth-order valence-corrected chi connectivity index (χ4v) is 1.80. The average Bonchev–Trinajstić information content (AvgIpc) is 2.32. The molecule has 0 fully saturated rings. The van der Waals surface area contributed by atoms with E-state index in [2.05, 4.69) is 15.3 Å². The molecule has 0 saturated carbocycles. The van der Waals surface area contributed by atoms with Crippen LogP contribution < -0.4 is 5.32 Å². The summed E-state index contributed by atoms with van der Waals surface area (Å²) in [5.41, 5.74) is 1.65. The molecule has 1 aromatic carbocycles. The van der Waals surface area contributed by atoms with E-state index in [1.54, 1.807) is 12.1 Å². The Bertz CT molecular complexity index is 572. The van der Waals surface area contributed by atoms with E-state index in [4.69, 9.17) is 11.6 Å². The van der Waals surface area contributed by atoms with Gasteiger partial charge in [-0.15, -0.1) is 0 Å². The number of hydrogen-bond donors (Lipinski definition) is 2. The molecule has 1 aromatic heterocycles. The smallest absolute Gasteiger partial charge is 0.161 e. The van der Waals surface area contributed by atoms with Crippen molar-refractivity contribution in [2.45, 2.75) is 13.8 Å². The van der Waals surface area contributed by atoms with Crippen molar-refractivity contribution in [1.82, 2.24) is 9.97 Å². The van der Waals surface area contributed by atoms with Crippen LogP contribution in [0.25, 0.3) is 11.4 Å². The van der Waals surface area contributed by atoms with E-state index in [1.165, 1.54) is 6.07 Å². The van der Waals surface area contributed by atoms with Crippen LogP contribution in [-0.4, -0.2) is 21.6 Å². The molecule has 18 heavy (non-hydrogen) atoms. The van der Waals surface area contributed by atoms with E-state index in [1.807, 2.05) is 19.9 Å². The lowest BCUT2D eigenvalue weighted by Crippen LogP contribution is -2.02. The highest BCUT2D eigenvalue weighted by atomic mass is 35.5. The number of anilines is 1. The second-order valence-electron chi connectivity index (χ2n) is 3.91. The number of phenolic OH excluding ortho intramolecular Hbond substituents is 1. The molecule has 0 aliphatic rings. The summed E-state index contributed by atoms with van der Waals surface area (Å²) < 4.78 is 0. The SMILES string of the molecule is CCNc1cc(C)nc(-c2ccc(O)c(Cl)c2)n1. The zero-order chi connectivity index (χ0) is 13.1. The van der Waals surface area contributed by atoms with Crippen molar-refractivity contribution >= 4 is 17.4 Å². The molecule has 0 amide bonds. The monoisotopic (exact) mass is 263 g/mol. The Labute approximate surface area is 111 Å². The summed E-state index contributed by atoms with van der Waals surface area (Å²) in [6, 6.07) is 6.82. The third kappa shape index (κ3) is 2.71. The van der Waals surface area contributed by atoms with Gasteiger partial charge < -0.3 is 10.4 Å². The highest BCUT2D eigenvalue weighted by Gasteiger charge is 2.07. The van der Waals surface area contributed by atoms with E-state index in [-0.39, 0.29) is 5.75 Å². The molecule has 2 rings (SSSR count). The molecular formula is C13H14ClN3O. The molecule has 2 N–H and O–H groups in total. The maximum Gasteiger partial charge on any atom is 0.161 e. The number of nitrogens with zero attached hydrogens (tertiary/aromatic N) is 2. The Hall–Kier alpha value is -1.81. The molecule has 2 aromatic rings. The van der Waals surface area contributed by atoms with Crippen LogP contribution in [0.15, 0.2) is 24.3 Å². The Kier molecular flexibility index (Phi) is 3.67. The van der Waals surface area contributed by atoms with Crippen LogP contribution in [0, 0.1) is 6.92 Å². The van der Waals surface area contributed by atoms with Crippen LogP contribution in [0.1, 0.15) is 12.6 Å². The van der Waals surface area contributed by atoms with Gasteiger partial charge in [-0.1, -0.05) is 11.6 Å². The first-order chi connectivity index (χ1) is 8.60. The van der Waals surface area contributed by atoms with Crippen LogP contribution in [0.2, 0.25) is 5.02 Å². The lowest BCUT2D eigenvalue weighted by Gasteiger charge is -2.07. The van der Waals surface area contributed by atoms with E-state index in [0.29, 0.717) is 10.8 Å². The summed E-state index contributed by atoms with van der Waals surface area (Å²) in [6.07, 6.45) is 0. The molecular weight excluding hydrogens is 250 g/mol. The summed E-state index contributed by atoms with van der Waals surface area (Å²) in [7, 11) is 0. The van der Waals surface area contributed by atoms with Crippen molar-refractivity contribution in [2.75, 3.05) is 11.9 Å². The van der Waals surface area contributed by atoms with Gasteiger partial charge in [0.25, 0.3) is 0 Å². The van der Waals surface area contributed by atoms with Gasteiger partial charge in [-0.05, 0) is 32.0 Å². The third-order valence-electron chi connectivity index (χ3n) is 2.42. The highest BCUT2D eigenvalue weighted by Crippen LogP contribution is 2.28. The summed E-state index contributed by atoms with van der Waals surface area (Å²) in [4.78, 5) is 8.77. The Morgan fingerprint density at radius 2 is 2.06 bits per heavy atom. The van der Waals surface area contributed by atoms with Gasteiger partial charge in [-0.25, -0.2) is 9.97 Å². The molecule has 0 radical (unpaired) electrons. The normalized spacial score (nSPS) is 10.4. The number of aromatic hydroxyl groups is 1. The van der Waals surface area contributed by atoms with Gasteiger partial charge >= 0.3 is 0 Å². The number of hydrogen-bond acceptors (Lipinski definition) is 4. The molecule has 5 heteroatoms. The van der Waals surface area contributed by atoms with Gasteiger partial charge in [0.05, 0.1) is 5.02 Å². The van der Waals surface area contributed by atoms with Gasteiger partial charge in [0.15, 0.2) is 5.82 Å². The first-order valence-electron chi connectivity index (χ1n) is 5.68. The molecule has 0 aliphatic carbocycles. The van der Waals surface area contributed by atoms with Gasteiger partial charge in [-0.2, -0.15) is 0 Å². The van der Waals surface area contributed by atoms with E-state index in [0.717, 1.165) is 23.6 Å². The van der Waals surface area contributed by atoms with Gasteiger partial charge in [0.2, 0.25) is 0 Å². The predicted molar refractivity (Wildman–Crippen MR) is 73.0 cm³/mol. The van der Waals surface area contributed by atoms with Crippen molar-refractivity contribution < 1.29 is 5.11 Å². The molecule has 0 unspecified atom stereocenters. The minimum Gasteiger partial charge on any atom is -0.506 e. The number of benzene rings is 1. The Balaban J connectivity index is 2.46. The largest absolute Gasteiger partial charge is 0.506 e. The van der Waals surface area contributed by atoms with Gasteiger partial charge in [0.1, 0.15) is 11.6 Å². The number of phenols is 1. The van der Waals surface area contributed by atoms with Crippen molar-refractivity contribution in [2.24, 2.45) is 0 Å². The second kappa shape index (κ2) is 5.23. The Morgan fingerprint density at radius 3 is 2.72 bits per heavy atom. The summed E-state index contributed by atoms with van der Waals surface area (Å²) >= 11 is 5.88. The predicted octanol–water partition coefficient (Wildman–Crippen LogP) is 3.24. The van der Waals surface area contributed by atoms with E-state index >= 15 is 0 Å². The first-order valence-corrected chi connectivity index (χ1v) is 6.06. The van der Waals surface area contributed by atoms with E-state index < -0.39 is 0 Å². The van der Waals surface area contributed by atoms with Gasteiger partial charge in [0, 0.05) is 23.9 Å². The molecule has 1 heterocycles. The molecule has 0 atom stereocenters. The van der Waals surface area contributed by atoms with Crippen molar-refractivity contribution in [1.29, 1.82) is 0 Å². The maximum atomic E-state index is 9.40. The minimum absolute atomic E-state index is 0.0555. The van der Waals surface area contributed by atoms with Crippen LogP contribution in [0.4, 0.5) is 5.82 Å². The number of halogens is 1. The lowest BCUT2D eigenvalue weighted by molar-refractivity contribution is 0.475. The third-order valence-corrected chi connectivity index (χ3v) is 2.72. The Morgan fingerprint density at radius 1 is 1.28 bits per heavy atom. The maximum absolute atomic E-state index is 9.40. The van der Waals surface area contributed by atoms with Crippen molar-refractivity contribution in [3.05, 3.63) is 35.0 Å². The molecule has 94 valence electrons. The van der Waals surface area contributed by atoms with Crippen LogP contribution in [-0.2, 0) is 0 Å². The van der Waals surface area contributed by atoms with Crippen LogP contribution >= 0.6 is 11.6 Å².